The van der Waals surface area contributed by atoms with Gasteiger partial charge in [-0.25, -0.2) is 0 Å². The van der Waals surface area contributed by atoms with E-state index in [1.807, 2.05) is 6.07 Å². The molecule has 0 amide bonds. The molecular formula is C26H31NO3. The molecule has 0 radical (unpaired) electrons. The fourth-order valence-corrected chi connectivity index (χ4v) is 5.09. The van der Waals surface area contributed by atoms with Crippen molar-refractivity contribution in [2.45, 2.75) is 72.8 Å². The zero-order valence-electron chi connectivity index (χ0n) is 18.6. The quantitative estimate of drug-likeness (QED) is 0.518. The Bertz CT molecular complexity index is 1120. The highest BCUT2D eigenvalue weighted by Crippen LogP contribution is 2.40. The predicted octanol–water partition coefficient (Wildman–Crippen LogP) is 5.55. The number of nitrogens with one attached hydrogen (secondary N) is 1. The Morgan fingerprint density at radius 1 is 1.17 bits per heavy atom. The topological polar surface area (TPSA) is 70.2 Å². The summed E-state index contributed by atoms with van der Waals surface area (Å²) in [6.45, 7) is 10.3. The normalized spacial score (nSPS) is 20.2. The van der Waals surface area contributed by atoms with Crippen LogP contribution in [0.1, 0.15) is 81.9 Å². The lowest BCUT2D eigenvalue weighted by Gasteiger charge is -2.32. The number of aromatic amines is 1. The molecular weight excluding hydrogens is 374 g/mol. The van der Waals surface area contributed by atoms with Gasteiger partial charge in [0.05, 0.1) is 17.4 Å². The first kappa shape index (κ1) is 20.8. The Morgan fingerprint density at radius 2 is 1.90 bits per heavy atom. The number of Topliss-reactive ketones (excluding diaryl/α,β-unsaturated/α-hetero) is 2. The number of hydrogen-bond acceptors (Lipinski definition) is 3. The molecule has 0 saturated heterocycles. The second-order valence-electron chi connectivity index (χ2n) is 9.97. The minimum atomic E-state index is -0.587. The average Bonchev–Trinajstić information content (AvgIpc) is 3.04. The van der Waals surface area contributed by atoms with E-state index >= 15 is 0 Å². The molecule has 2 N–H and O–H groups in total. The van der Waals surface area contributed by atoms with Crippen LogP contribution < -0.4 is 0 Å². The van der Waals surface area contributed by atoms with Crippen molar-refractivity contribution in [1.29, 1.82) is 0 Å². The van der Waals surface area contributed by atoms with Crippen LogP contribution in [-0.2, 0) is 11.2 Å². The van der Waals surface area contributed by atoms with Crippen molar-refractivity contribution >= 4 is 28.0 Å². The van der Waals surface area contributed by atoms with Crippen LogP contribution in [0, 0.1) is 5.41 Å². The summed E-state index contributed by atoms with van der Waals surface area (Å²) < 4.78 is 0. The minimum Gasteiger partial charge on any atom is -0.393 e. The van der Waals surface area contributed by atoms with Gasteiger partial charge < -0.3 is 10.1 Å². The van der Waals surface area contributed by atoms with Gasteiger partial charge in [0.15, 0.2) is 0 Å². The summed E-state index contributed by atoms with van der Waals surface area (Å²) >= 11 is 0. The Balaban J connectivity index is 1.77. The van der Waals surface area contributed by atoms with Gasteiger partial charge in [0.1, 0.15) is 0 Å². The summed E-state index contributed by atoms with van der Waals surface area (Å²) in [5.41, 5.74) is 7.71. The summed E-state index contributed by atoms with van der Waals surface area (Å²) in [6, 6.07) is 6.19. The molecule has 4 rings (SSSR count). The molecule has 1 atom stereocenters. The Morgan fingerprint density at radius 3 is 2.57 bits per heavy atom. The Kier molecular flexibility index (Phi) is 5.09. The number of hydrogen-bond donors (Lipinski definition) is 2. The van der Waals surface area contributed by atoms with Crippen molar-refractivity contribution in [2.24, 2.45) is 5.41 Å². The summed E-state index contributed by atoms with van der Waals surface area (Å²) in [6.07, 6.45) is 4.08. The zero-order valence-corrected chi connectivity index (χ0v) is 18.6. The monoisotopic (exact) mass is 405 g/mol. The first-order valence-electron chi connectivity index (χ1n) is 10.9. The van der Waals surface area contributed by atoms with Gasteiger partial charge in [0.2, 0.25) is 11.6 Å². The van der Waals surface area contributed by atoms with Gasteiger partial charge in [-0.2, -0.15) is 0 Å². The lowest BCUT2D eigenvalue weighted by atomic mass is 9.73. The molecule has 2 aromatic rings. The number of aliphatic hydroxyl groups is 1. The number of rotatable bonds is 4. The van der Waals surface area contributed by atoms with Gasteiger partial charge >= 0.3 is 0 Å². The minimum absolute atomic E-state index is 0.347. The lowest BCUT2D eigenvalue weighted by molar-refractivity contribution is -0.111. The zero-order chi connectivity index (χ0) is 21.8. The highest BCUT2D eigenvalue weighted by molar-refractivity contribution is 6.54. The molecule has 4 heteroatoms. The van der Waals surface area contributed by atoms with Gasteiger partial charge in [-0.15, -0.1) is 0 Å². The molecule has 0 unspecified atom stereocenters. The predicted molar refractivity (Wildman–Crippen MR) is 121 cm³/mol. The molecule has 0 spiro atoms. The molecule has 158 valence electrons. The second kappa shape index (κ2) is 7.35. The van der Waals surface area contributed by atoms with Crippen LogP contribution in [0.5, 0.6) is 0 Å². The molecule has 0 saturated carbocycles. The standard InChI is InChI=1S/C26H31NO3/c1-14-13-26(4,5)9-8-18(14)11-17-6-7-21-20(12-17)22-23(27-21)19(10-15(2)28)16(3)24(29)25(22)30/h6-7,12,15,27-28H,8-11,13H2,1-5H3/t15-/m0/s1. The first-order valence-corrected chi connectivity index (χ1v) is 10.9. The number of aliphatic hydroxyl groups excluding tert-OH is 1. The van der Waals surface area contributed by atoms with E-state index in [0.29, 0.717) is 28.7 Å². The molecule has 0 aliphatic heterocycles. The van der Waals surface area contributed by atoms with Crippen molar-refractivity contribution < 1.29 is 14.7 Å². The number of aromatic nitrogens is 1. The van der Waals surface area contributed by atoms with E-state index in [2.05, 4.69) is 37.9 Å². The number of benzene rings is 1. The number of allylic oxidation sites excluding steroid dienone is 3. The van der Waals surface area contributed by atoms with Gasteiger partial charge in [-0.3, -0.25) is 9.59 Å². The van der Waals surface area contributed by atoms with Crippen LogP contribution in [0.15, 0.2) is 34.9 Å². The van der Waals surface area contributed by atoms with Gasteiger partial charge in [-0.1, -0.05) is 31.1 Å². The largest absolute Gasteiger partial charge is 0.393 e. The third kappa shape index (κ3) is 3.58. The summed E-state index contributed by atoms with van der Waals surface area (Å²) in [4.78, 5) is 28.8. The van der Waals surface area contributed by atoms with Crippen LogP contribution in [0.25, 0.3) is 16.5 Å². The van der Waals surface area contributed by atoms with E-state index in [-0.39, 0.29) is 0 Å². The van der Waals surface area contributed by atoms with E-state index in [0.717, 1.165) is 35.7 Å². The van der Waals surface area contributed by atoms with Crippen LogP contribution in [-0.4, -0.2) is 27.8 Å². The maximum Gasteiger partial charge on any atom is 0.235 e. The van der Waals surface area contributed by atoms with Gasteiger partial charge in [0, 0.05) is 22.9 Å². The number of H-pyrrole nitrogens is 1. The molecule has 2 aliphatic carbocycles. The van der Waals surface area contributed by atoms with Gasteiger partial charge in [-0.05, 0) is 75.1 Å². The molecule has 1 aromatic heterocycles. The number of carbonyl (C=O) groups excluding carboxylic acids is 2. The third-order valence-corrected chi connectivity index (χ3v) is 6.76. The van der Waals surface area contributed by atoms with Crippen molar-refractivity contribution in [1.82, 2.24) is 4.98 Å². The van der Waals surface area contributed by atoms with E-state index in [1.54, 1.807) is 13.8 Å². The van der Waals surface area contributed by atoms with E-state index in [9.17, 15) is 14.7 Å². The number of ketones is 2. The van der Waals surface area contributed by atoms with Crippen LogP contribution >= 0.6 is 0 Å². The number of fused-ring (bicyclic) bond motifs is 3. The fourth-order valence-electron chi connectivity index (χ4n) is 5.09. The fraction of sp³-hybridized carbons (Fsp3) is 0.462. The molecule has 1 heterocycles. The average molecular weight is 406 g/mol. The summed E-state index contributed by atoms with van der Waals surface area (Å²) in [5.74, 6) is -0.910. The van der Waals surface area contributed by atoms with Crippen molar-refractivity contribution in [3.8, 4) is 0 Å². The lowest BCUT2D eigenvalue weighted by Crippen LogP contribution is -2.23. The molecule has 30 heavy (non-hydrogen) atoms. The Labute approximate surface area is 178 Å². The summed E-state index contributed by atoms with van der Waals surface area (Å²) in [5, 5.41) is 10.7. The Hall–Kier alpha value is -2.46. The smallest absolute Gasteiger partial charge is 0.235 e. The van der Waals surface area contributed by atoms with Crippen LogP contribution in [0.4, 0.5) is 0 Å². The SMILES string of the molecule is CC1=C(Cc2ccc3[nH]c4c(c3c2)C(=O)C(=O)C(C)=C4C[C@H](C)O)CCC(C)(C)C1. The maximum absolute atomic E-state index is 12.9. The van der Waals surface area contributed by atoms with E-state index in [4.69, 9.17) is 0 Å². The van der Waals surface area contributed by atoms with Crippen molar-refractivity contribution in [2.75, 3.05) is 0 Å². The molecule has 2 aliphatic rings. The number of carbonyl (C=O) groups is 2. The second-order valence-corrected chi connectivity index (χ2v) is 9.97. The molecule has 1 aromatic carbocycles. The van der Waals surface area contributed by atoms with Crippen LogP contribution in [0.2, 0.25) is 0 Å². The summed E-state index contributed by atoms with van der Waals surface area (Å²) in [7, 11) is 0. The maximum atomic E-state index is 12.9. The van der Waals surface area contributed by atoms with Crippen LogP contribution in [0.3, 0.4) is 0 Å². The molecule has 0 fully saturated rings. The van der Waals surface area contributed by atoms with E-state index in [1.165, 1.54) is 23.1 Å². The van der Waals surface area contributed by atoms with Crippen molar-refractivity contribution in [3.63, 3.8) is 0 Å². The molecule has 0 bridgehead atoms. The highest BCUT2D eigenvalue weighted by Gasteiger charge is 2.34. The molecule has 4 nitrogen and oxygen atoms in total. The van der Waals surface area contributed by atoms with Crippen molar-refractivity contribution in [3.05, 3.63) is 51.7 Å². The highest BCUT2D eigenvalue weighted by atomic mass is 16.3. The first-order chi connectivity index (χ1) is 14.1. The van der Waals surface area contributed by atoms with Gasteiger partial charge in [0.25, 0.3) is 0 Å². The van der Waals surface area contributed by atoms with E-state index < -0.39 is 17.7 Å². The third-order valence-electron chi connectivity index (χ3n) is 6.76.